The third-order valence-corrected chi connectivity index (χ3v) is 4.56. The number of ether oxygens (including phenoxy) is 3. The zero-order chi connectivity index (χ0) is 17.4. The minimum atomic E-state index is 0.241. The van der Waals surface area contributed by atoms with Crippen LogP contribution in [0.15, 0.2) is 12.1 Å². The summed E-state index contributed by atoms with van der Waals surface area (Å²) < 4.78 is 16.1. The van der Waals surface area contributed by atoms with Crippen molar-refractivity contribution in [2.75, 3.05) is 34.4 Å². The monoisotopic (exact) mass is 335 g/mol. The summed E-state index contributed by atoms with van der Waals surface area (Å²) in [5.74, 6) is 2.08. The molecule has 24 heavy (non-hydrogen) atoms. The lowest BCUT2D eigenvalue weighted by Gasteiger charge is -2.25. The van der Waals surface area contributed by atoms with Crippen molar-refractivity contribution in [2.45, 2.75) is 44.9 Å². The molecule has 0 N–H and O–H groups in total. The van der Waals surface area contributed by atoms with Crippen LogP contribution in [0.2, 0.25) is 0 Å². The quantitative estimate of drug-likeness (QED) is 0.799. The van der Waals surface area contributed by atoms with Crippen LogP contribution >= 0.6 is 0 Å². The number of methoxy groups -OCH3 is 3. The lowest BCUT2D eigenvalue weighted by molar-refractivity contribution is -0.131. The molecule has 1 amide bonds. The highest BCUT2D eigenvalue weighted by molar-refractivity contribution is 5.76. The number of carbonyl (C=O) groups excluding carboxylic acids is 1. The third-order valence-electron chi connectivity index (χ3n) is 4.56. The molecule has 1 aliphatic heterocycles. The Morgan fingerprint density at radius 2 is 1.46 bits per heavy atom. The molecule has 1 aromatic rings. The van der Waals surface area contributed by atoms with E-state index in [2.05, 4.69) is 0 Å². The Hall–Kier alpha value is -1.91. The zero-order valence-corrected chi connectivity index (χ0v) is 15.1. The highest BCUT2D eigenvalue weighted by Gasteiger charge is 2.17. The number of carbonyl (C=O) groups is 1. The van der Waals surface area contributed by atoms with Crippen molar-refractivity contribution in [3.05, 3.63) is 17.7 Å². The second-order valence-corrected chi connectivity index (χ2v) is 6.18. The van der Waals surface area contributed by atoms with Gasteiger partial charge in [0.15, 0.2) is 11.5 Å². The first-order valence-corrected chi connectivity index (χ1v) is 8.76. The Morgan fingerprint density at radius 1 is 0.917 bits per heavy atom. The minimum absolute atomic E-state index is 0.241. The molecule has 1 fully saturated rings. The lowest BCUT2D eigenvalue weighted by Crippen LogP contribution is -2.33. The van der Waals surface area contributed by atoms with Crippen LogP contribution < -0.4 is 14.2 Å². The van der Waals surface area contributed by atoms with E-state index in [0.29, 0.717) is 30.1 Å². The van der Waals surface area contributed by atoms with E-state index in [1.54, 1.807) is 21.3 Å². The summed E-state index contributed by atoms with van der Waals surface area (Å²) >= 11 is 0. The first kappa shape index (κ1) is 18.4. The van der Waals surface area contributed by atoms with E-state index < -0.39 is 0 Å². The fraction of sp³-hybridized carbons (Fsp3) is 0.632. The predicted octanol–water partition coefficient (Wildman–Crippen LogP) is 3.44. The molecule has 1 aliphatic rings. The smallest absolute Gasteiger partial charge is 0.222 e. The average molecular weight is 335 g/mol. The predicted molar refractivity (Wildman–Crippen MR) is 94.1 cm³/mol. The molecule has 0 unspecified atom stereocenters. The van der Waals surface area contributed by atoms with E-state index in [1.165, 1.54) is 19.3 Å². The lowest BCUT2D eigenvalue weighted by atomic mass is 10.1. The maximum absolute atomic E-state index is 12.5. The average Bonchev–Trinajstić information content (AvgIpc) is 2.58. The highest BCUT2D eigenvalue weighted by atomic mass is 16.5. The molecule has 0 aromatic heterocycles. The summed E-state index contributed by atoms with van der Waals surface area (Å²) in [6.07, 6.45) is 7.19. The van der Waals surface area contributed by atoms with Crippen molar-refractivity contribution < 1.29 is 19.0 Å². The zero-order valence-electron chi connectivity index (χ0n) is 15.1. The molecule has 1 aromatic carbocycles. The number of benzene rings is 1. The molecule has 0 atom stereocenters. The van der Waals surface area contributed by atoms with Crippen molar-refractivity contribution in [3.63, 3.8) is 0 Å². The maximum atomic E-state index is 12.5. The van der Waals surface area contributed by atoms with Gasteiger partial charge in [0.2, 0.25) is 11.7 Å². The van der Waals surface area contributed by atoms with Gasteiger partial charge in [0.05, 0.1) is 21.3 Å². The number of nitrogens with zero attached hydrogens (tertiary/aromatic N) is 1. The SMILES string of the molecule is COc1cc(CCC(=O)N2CCCCCCC2)cc(OC)c1OC. The minimum Gasteiger partial charge on any atom is -0.493 e. The van der Waals surface area contributed by atoms with Gasteiger partial charge in [-0.2, -0.15) is 0 Å². The van der Waals surface area contributed by atoms with Gasteiger partial charge in [-0.3, -0.25) is 4.79 Å². The number of amides is 1. The summed E-state index contributed by atoms with van der Waals surface area (Å²) in [5, 5.41) is 0. The fourth-order valence-electron chi connectivity index (χ4n) is 3.19. The van der Waals surface area contributed by atoms with Gasteiger partial charge >= 0.3 is 0 Å². The third kappa shape index (κ3) is 4.79. The summed E-state index contributed by atoms with van der Waals surface area (Å²) in [6.45, 7) is 1.79. The van der Waals surface area contributed by atoms with Crippen LogP contribution in [-0.4, -0.2) is 45.2 Å². The molecule has 134 valence electrons. The molecule has 0 saturated carbocycles. The molecule has 1 saturated heterocycles. The van der Waals surface area contributed by atoms with Crippen LogP contribution in [0, 0.1) is 0 Å². The Labute approximate surface area is 144 Å². The van der Waals surface area contributed by atoms with E-state index in [1.807, 2.05) is 17.0 Å². The van der Waals surface area contributed by atoms with Gasteiger partial charge in [-0.05, 0) is 37.0 Å². The van der Waals surface area contributed by atoms with Gasteiger partial charge in [-0.15, -0.1) is 0 Å². The molecular formula is C19H29NO4. The molecular weight excluding hydrogens is 306 g/mol. The van der Waals surface area contributed by atoms with Crippen LogP contribution in [0.1, 0.15) is 44.1 Å². The number of likely N-dealkylation sites (tertiary alicyclic amines) is 1. The van der Waals surface area contributed by atoms with Gasteiger partial charge in [-0.1, -0.05) is 19.3 Å². The van der Waals surface area contributed by atoms with Crippen molar-refractivity contribution in [3.8, 4) is 17.2 Å². The molecule has 5 nitrogen and oxygen atoms in total. The molecule has 2 rings (SSSR count). The molecule has 0 bridgehead atoms. The van der Waals surface area contributed by atoms with Crippen molar-refractivity contribution >= 4 is 5.91 Å². The van der Waals surface area contributed by atoms with E-state index in [4.69, 9.17) is 14.2 Å². The van der Waals surface area contributed by atoms with Gasteiger partial charge in [0, 0.05) is 19.5 Å². The van der Waals surface area contributed by atoms with Gasteiger partial charge in [-0.25, -0.2) is 0 Å². The van der Waals surface area contributed by atoms with Crippen molar-refractivity contribution in [1.29, 1.82) is 0 Å². The van der Waals surface area contributed by atoms with Crippen LogP contribution in [0.4, 0.5) is 0 Å². The van der Waals surface area contributed by atoms with E-state index in [-0.39, 0.29) is 5.91 Å². The normalized spacial score (nSPS) is 15.4. The molecule has 0 radical (unpaired) electrons. The van der Waals surface area contributed by atoms with Gasteiger partial charge < -0.3 is 19.1 Å². The van der Waals surface area contributed by atoms with Gasteiger partial charge in [0.25, 0.3) is 0 Å². The Kier molecular flexibility index (Phi) is 7.22. The second kappa shape index (κ2) is 9.40. The van der Waals surface area contributed by atoms with Crippen LogP contribution in [0.25, 0.3) is 0 Å². The first-order valence-electron chi connectivity index (χ1n) is 8.76. The summed E-state index contributed by atoms with van der Waals surface area (Å²) in [7, 11) is 4.80. The molecule has 0 aliphatic carbocycles. The molecule has 0 spiro atoms. The molecule has 1 heterocycles. The van der Waals surface area contributed by atoms with E-state index in [0.717, 1.165) is 31.5 Å². The van der Waals surface area contributed by atoms with Crippen molar-refractivity contribution in [1.82, 2.24) is 4.90 Å². The van der Waals surface area contributed by atoms with Crippen LogP contribution in [0.3, 0.4) is 0 Å². The topological polar surface area (TPSA) is 48.0 Å². The summed E-state index contributed by atoms with van der Waals surface area (Å²) in [4.78, 5) is 14.5. The van der Waals surface area contributed by atoms with Crippen LogP contribution in [-0.2, 0) is 11.2 Å². The number of hydrogen-bond donors (Lipinski definition) is 0. The van der Waals surface area contributed by atoms with Crippen LogP contribution in [0.5, 0.6) is 17.2 Å². The Morgan fingerprint density at radius 3 is 1.96 bits per heavy atom. The number of hydrogen-bond acceptors (Lipinski definition) is 4. The Bertz CT molecular complexity index is 511. The van der Waals surface area contributed by atoms with E-state index >= 15 is 0 Å². The van der Waals surface area contributed by atoms with Gasteiger partial charge in [0.1, 0.15) is 0 Å². The molecule has 5 heteroatoms. The highest BCUT2D eigenvalue weighted by Crippen LogP contribution is 2.38. The number of aryl methyl sites for hydroxylation is 1. The Balaban J connectivity index is 2.01. The largest absolute Gasteiger partial charge is 0.493 e. The second-order valence-electron chi connectivity index (χ2n) is 6.18. The maximum Gasteiger partial charge on any atom is 0.222 e. The standard InChI is InChI=1S/C19H29NO4/c1-22-16-13-15(14-17(23-2)19(16)24-3)9-10-18(21)20-11-7-5-4-6-8-12-20/h13-14H,4-12H2,1-3H3. The van der Waals surface area contributed by atoms with E-state index in [9.17, 15) is 4.79 Å². The van der Waals surface area contributed by atoms with Crippen molar-refractivity contribution in [2.24, 2.45) is 0 Å². The number of rotatable bonds is 6. The fourth-order valence-corrected chi connectivity index (χ4v) is 3.19. The summed E-state index contributed by atoms with van der Waals surface area (Å²) in [5.41, 5.74) is 1.02. The first-order chi connectivity index (χ1) is 11.7. The summed E-state index contributed by atoms with van der Waals surface area (Å²) in [6, 6.07) is 3.84.